The van der Waals surface area contributed by atoms with Gasteiger partial charge in [-0.3, -0.25) is 0 Å². The van der Waals surface area contributed by atoms with E-state index in [2.05, 4.69) is 15.3 Å². The second kappa shape index (κ2) is 6.55. The molecule has 0 aliphatic heterocycles. The molecular formula is C17H9Cl2FN4S. The molecule has 0 amide bonds. The zero-order chi connectivity index (χ0) is 17.4. The Morgan fingerprint density at radius 2 is 1.80 bits per heavy atom. The molecular weight excluding hydrogens is 382 g/mol. The Morgan fingerprint density at radius 1 is 1.00 bits per heavy atom. The Bertz CT molecular complexity index is 1090. The maximum Gasteiger partial charge on any atom is 0.235 e. The molecule has 0 unspecified atom stereocenters. The molecule has 0 fully saturated rings. The zero-order valence-electron chi connectivity index (χ0n) is 12.5. The predicted molar refractivity (Wildman–Crippen MR) is 99.4 cm³/mol. The van der Waals surface area contributed by atoms with Gasteiger partial charge in [0.05, 0.1) is 5.02 Å². The Labute approximate surface area is 156 Å². The number of hydrogen-bond acceptors (Lipinski definition) is 4. The van der Waals surface area contributed by atoms with E-state index in [4.69, 9.17) is 23.2 Å². The van der Waals surface area contributed by atoms with Gasteiger partial charge in [-0.05, 0) is 42.0 Å². The van der Waals surface area contributed by atoms with Gasteiger partial charge in [0, 0.05) is 10.6 Å². The normalized spacial score (nSPS) is 11.6. The van der Waals surface area contributed by atoms with Crippen molar-refractivity contribution in [3.05, 3.63) is 68.9 Å². The van der Waals surface area contributed by atoms with E-state index in [1.807, 2.05) is 12.2 Å². The molecule has 0 radical (unpaired) electrons. The molecule has 0 spiro atoms. The van der Waals surface area contributed by atoms with Crippen molar-refractivity contribution in [2.75, 3.05) is 0 Å². The van der Waals surface area contributed by atoms with Crippen LogP contribution < -0.4 is 0 Å². The van der Waals surface area contributed by atoms with Gasteiger partial charge in [0.15, 0.2) is 5.82 Å². The van der Waals surface area contributed by atoms with Crippen molar-refractivity contribution in [3.8, 4) is 11.4 Å². The van der Waals surface area contributed by atoms with E-state index in [1.165, 1.54) is 23.5 Å². The van der Waals surface area contributed by atoms with E-state index in [0.717, 1.165) is 10.6 Å². The summed E-state index contributed by atoms with van der Waals surface area (Å²) in [7, 11) is 0. The van der Waals surface area contributed by atoms with Gasteiger partial charge in [-0.25, -0.2) is 4.39 Å². The van der Waals surface area contributed by atoms with E-state index < -0.39 is 0 Å². The van der Waals surface area contributed by atoms with Gasteiger partial charge in [-0.2, -0.15) is 9.61 Å². The van der Waals surface area contributed by atoms with Crippen molar-refractivity contribution < 1.29 is 4.39 Å². The van der Waals surface area contributed by atoms with Gasteiger partial charge in [-0.1, -0.05) is 52.7 Å². The van der Waals surface area contributed by atoms with Gasteiger partial charge >= 0.3 is 0 Å². The fraction of sp³-hybridized carbons (Fsp3) is 0. The molecule has 4 aromatic rings. The molecule has 8 heteroatoms. The molecule has 124 valence electrons. The number of rotatable bonds is 3. The van der Waals surface area contributed by atoms with Crippen LogP contribution >= 0.6 is 34.5 Å². The standard InChI is InChI=1S/C17H9Cl2FN4S/c18-11-4-7-13(14(19)9-11)16-21-22-17-24(16)23-15(25-17)8-3-10-1-5-12(20)6-2-10/h1-9H/b8-3+. The SMILES string of the molecule is Fc1ccc(/C=C/c2nn3c(-c4ccc(Cl)cc4Cl)nnc3s2)cc1. The van der Waals surface area contributed by atoms with Crippen molar-refractivity contribution >= 4 is 51.7 Å². The van der Waals surface area contributed by atoms with Crippen LogP contribution in [0.3, 0.4) is 0 Å². The molecule has 2 aromatic carbocycles. The molecule has 0 aliphatic rings. The minimum atomic E-state index is -0.263. The van der Waals surface area contributed by atoms with Gasteiger partial charge in [0.2, 0.25) is 4.96 Å². The number of benzene rings is 2. The van der Waals surface area contributed by atoms with Gasteiger partial charge in [-0.15, -0.1) is 10.2 Å². The van der Waals surface area contributed by atoms with E-state index >= 15 is 0 Å². The third-order valence-electron chi connectivity index (χ3n) is 3.47. The summed E-state index contributed by atoms with van der Waals surface area (Å²) < 4.78 is 14.6. The van der Waals surface area contributed by atoms with Crippen molar-refractivity contribution in [1.82, 2.24) is 19.8 Å². The molecule has 0 aliphatic carbocycles. The maximum atomic E-state index is 12.9. The van der Waals surface area contributed by atoms with Gasteiger partial charge < -0.3 is 0 Å². The first kappa shape index (κ1) is 16.2. The van der Waals surface area contributed by atoms with Crippen LogP contribution in [0.2, 0.25) is 10.0 Å². The number of halogens is 3. The molecule has 0 atom stereocenters. The minimum absolute atomic E-state index is 0.263. The lowest BCUT2D eigenvalue weighted by atomic mass is 10.2. The van der Waals surface area contributed by atoms with Crippen LogP contribution in [0.25, 0.3) is 28.5 Å². The Balaban J connectivity index is 1.69. The monoisotopic (exact) mass is 390 g/mol. The van der Waals surface area contributed by atoms with E-state index in [9.17, 15) is 4.39 Å². The zero-order valence-corrected chi connectivity index (χ0v) is 14.9. The largest absolute Gasteiger partial charge is 0.235 e. The lowest BCUT2D eigenvalue weighted by molar-refractivity contribution is 0.628. The fourth-order valence-electron chi connectivity index (χ4n) is 2.28. The summed E-state index contributed by atoms with van der Waals surface area (Å²) >= 11 is 13.6. The van der Waals surface area contributed by atoms with Crippen molar-refractivity contribution in [3.63, 3.8) is 0 Å². The minimum Gasteiger partial charge on any atom is -0.207 e. The molecule has 25 heavy (non-hydrogen) atoms. The topological polar surface area (TPSA) is 43.1 Å². The summed E-state index contributed by atoms with van der Waals surface area (Å²) in [4.78, 5) is 0.653. The molecule has 0 bridgehead atoms. The molecule has 4 nitrogen and oxygen atoms in total. The quantitative estimate of drug-likeness (QED) is 0.465. The summed E-state index contributed by atoms with van der Waals surface area (Å²) in [6, 6.07) is 11.4. The van der Waals surface area contributed by atoms with Crippen molar-refractivity contribution in [2.24, 2.45) is 0 Å². The molecule has 2 aromatic heterocycles. The Hall–Kier alpha value is -2.28. The van der Waals surface area contributed by atoms with Crippen LogP contribution in [0.5, 0.6) is 0 Å². The maximum absolute atomic E-state index is 12.9. The smallest absolute Gasteiger partial charge is 0.207 e. The number of aromatic nitrogens is 4. The molecule has 2 heterocycles. The second-order valence-corrected chi connectivity index (χ2v) is 7.00. The molecule has 4 rings (SSSR count). The number of fused-ring (bicyclic) bond motifs is 1. The Kier molecular flexibility index (Phi) is 4.25. The second-order valence-electron chi connectivity index (χ2n) is 5.17. The van der Waals surface area contributed by atoms with Gasteiger partial charge in [0.25, 0.3) is 0 Å². The first-order valence-electron chi connectivity index (χ1n) is 7.21. The van der Waals surface area contributed by atoms with Crippen LogP contribution in [0.1, 0.15) is 10.6 Å². The third kappa shape index (κ3) is 3.28. The average molecular weight is 391 g/mol. The molecule has 0 saturated heterocycles. The van der Waals surface area contributed by atoms with Crippen molar-refractivity contribution in [2.45, 2.75) is 0 Å². The van der Waals surface area contributed by atoms with E-state index in [0.29, 0.717) is 26.4 Å². The third-order valence-corrected chi connectivity index (χ3v) is 4.88. The fourth-order valence-corrected chi connectivity index (χ4v) is 3.51. The number of nitrogens with zero attached hydrogens (tertiary/aromatic N) is 4. The summed E-state index contributed by atoms with van der Waals surface area (Å²) in [5.41, 5.74) is 1.59. The molecule has 0 saturated carbocycles. The summed E-state index contributed by atoms with van der Waals surface area (Å²) in [5.74, 6) is 0.287. The lowest BCUT2D eigenvalue weighted by Crippen LogP contribution is -1.91. The van der Waals surface area contributed by atoms with Crippen LogP contribution in [0, 0.1) is 5.82 Å². The predicted octanol–water partition coefficient (Wildman–Crippen LogP) is 5.47. The Morgan fingerprint density at radius 3 is 2.56 bits per heavy atom. The number of hydrogen-bond donors (Lipinski definition) is 0. The molecule has 0 N–H and O–H groups in total. The van der Waals surface area contributed by atoms with Gasteiger partial charge in [0.1, 0.15) is 10.8 Å². The summed E-state index contributed by atoms with van der Waals surface area (Å²) in [6.07, 6.45) is 3.71. The first-order valence-corrected chi connectivity index (χ1v) is 8.79. The van der Waals surface area contributed by atoms with Crippen LogP contribution in [-0.2, 0) is 0 Å². The van der Waals surface area contributed by atoms with E-state index in [-0.39, 0.29) is 5.82 Å². The van der Waals surface area contributed by atoms with Crippen molar-refractivity contribution in [1.29, 1.82) is 0 Å². The first-order chi connectivity index (χ1) is 12.1. The van der Waals surface area contributed by atoms with Crippen LogP contribution in [0.4, 0.5) is 4.39 Å². The summed E-state index contributed by atoms with van der Waals surface area (Å²) in [5, 5.41) is 14.6. The lowest BCUT2D eigenvalue weighted by Gasteiger charge is -2.00. The van der Waals surface area contributed by atoms with Crippen LogP contribution in [0.15, 0.2) is 42.5 Å². The highest BCUT2D eigenvalue weighted by atomic mass is 35.5. The highest BCUT2D eigenvalue weighted by Crippen LogP contribution is 2.30. The van der Waals surface area contributed by atoms with Crippen LogP contribution in [-0.4, -0.2) is 19.8 Å². The average Bonchev–Trinajstić information content (AvgIpc) is 3.15. The highest BCUT2D eigenvalue weighted by molar-refractivity contribution is 7.17. The highest BCUT2D eigenvalue weighted by Gasteiger charge is 2.15. The summed E-state index contributed by atoms with van der Waals surface area (Å²) in [6.45, 7) is 0. The van der Waals surface area contributed by atoms with E-state index in [1.54, 1.807) is 34.8 Å².